The van der Waals surface area contributed by atoms with E-state index in [4.69, 9.17) is 9.26 Å². The minimum absolute atomic E-state index is 0.0518. The normalized spacial score (nSPS) is 17.0. The van der Waals surface area contributed by atoms with Crippen LogP contribution in [-0.4, -0.2) is 78.4 Å². The zero-order chi connectivity index (χ0) is 21.9. The number of halogens is 1. The molecule has 2 saturated heterocycles. The van der Waals surface area contributed by atoms with Crippen molar-refractivity contribution in [1.29, 1.82) is 0 Å². The quantitative estimate of drug-likeness (QED) is 0.612. The molecule has 10 heteroatoms. The molecule has 2 aromatic heterocycles. The molecule has 32 heavy (non-hydrogen) atoms. The first-order chi connectivity index (χ1) is 15.7. The van der Waals surface area contributed by atoms with Gasteiger partial charge in [0, 0.05) is 51.0 Å². The number of hydrogen-bond donors (Lipinski definition) is 0. The highest BCUT2D eigenvalue weighted by molar-refractivity contribution is 5.90. The van der Waals surface area contributed by atoms with Crippen LogP contribution in [0.3, 0.4) is 0 Å². The maximum Gasteiger partial charge on any atom is 0.316 e. The van der Waals surface area contributed by atoms with Gasteiger partial charge in [0.1, 0.15) is 11.6 Å². The Balaban J connectivity index is 1.25. The summed E-state index contributed by atoms with van der Waals surface area (Å²) >= 11 is 0. The summed E-state index contributed by atoms with van der Waals surface area (Å²) in [5, 5.41) is 4.00. The highest BCUT2D eigenvalue weighted by Gasteiger charge is 2.27. The van der Waals surface area contributed by atoms with E-state index in [1.807, 2.05) is 11.0 Å². The minimum atomic E-state index is -0.320. The van der Waals surface area contributed by atoms with Crippen LogP contribution in [-0.2, 0) is 4.74 Å². The van der Waals surface area contributed by atoms with Crippen LogP contribution in [0.15, 0.2) is 47.1 Å². The Kier molecular flexibility index (Phi) is 5.68. The van der Waals surface area contributed by atoms with Gasteiger partial charge in [-0.15, -0.1) is 0 Å². The van der Waals surface area contributed by atoms with Crippen LogP contribution >= 0.6 is 0 Å². The average molecular weight is 438 g/mol. The van der Waals surface area contributed by atoms with E-state index in [0.29, 0.717) is 50.9 Å². The fraction of sp³-hybridized carbons (Fsp3) is 0.364. The Morgan fingerprint density at radius 1 is 0.969 bits per heavy atom. The third kappa shape index (κ3) is 4.13. The molecule has 2 aliphatic heterocycles. The molecular formula is C22H23FN6O3. The molecular weight excluding hydrogens is 415 g/mol. The van der Waals surface area contributed by atoms with Gasteiger partial charge in [-0.3, -0.25) is 4.79 Å². The van der Waals surface area contributed by atoms with E-state index in [1.54, 1.807) is 35.4 Å². The number of aromatic nitrogens is 3. The number of nitrogens with zero attached hydrogens (tertiary/aromatic N) is 6. The minimum Gasteiger partial charge on any atom is -0.378 e. The first kappa shape index (κ1) is 20.4. The largest absolute Gasteiger partial charge is 0.378 e. The number of amides is 1. The molecule has 5 rings (SSSR count). The van der Waals surface area contributed by atoms with E-state index in [9.17, 15) is 9.18 Å². The number of benzene rings is 1. The Morgan fingerprint density at radius 3 is 2.53 bits per heavy atom. The van der Waals surface area contributed by atoms with Gasteiger partial charge in [-0.2, -0.15) is 4.98 Å². The van der Waals surface area contributed by atoms with E-state index in [-0.39, 0.29) is 17.6 Å². The molecule has 0 unspecified atom stereocenters. The van der Waals surface area contributed by atoms with E-state index >= 15 is 0 Å². The number of carbonyl (C=O) groups is 1. The summed E-state index contributed by atoms with van der Waals surface area (Å²) in [4.78, 5) is 27.3. The molecule has 2 aliphatic rings. The number of pyridine rings is 1. The van der Waals surface area contributed by atoms with Crippen molar-refractivity contribution in [3.05, 3.63) is 54.3 Å². The molecule has 1 aromatic carbocycles. The summed E-state index contributed by atoms with van der Waals surface area (Å²) in [6.07, 6.45) is 1.69. The Hall–Kier alpha value is -3.53. The van der Waals surface area contributed by atoms with Gasteiger partial charge in [0.05, 0.1) is 18.9 Å². The first-order valence-electron chi connectivity index (χ1n) is 10.6. The summed E-state index contributed by atoms with van der Waals surface area (Å²) < 4.78 is 24.7. The van der Waals surface area contributed by atoms with Crippen LogP contribution in [0.25, 0.3) is 11.4 Å². The molecule has 0 radical (unpaired) electrons. The SMILES string of the molecule is O=C(c1nc(-c2ccnc(N3CCOCC3)c2)no1)N1CCN(c2ccccc2F)CC1. The van der Waals surface area contributed by atoms with Crippen molar-refractivity contribution in [1.82, 2.24) is 20.0 Å². The predicted molar refractivity (Wildman–Crippen MR) is 115 cm³/mol. The van der Waals surface area contributed by atoms with Gasteiger partial charge in [-0.25, -0.2) is 9.37 Å². The second kappa shape index (κ2) is 8.91. The Morgan fingerprint density at radius 2 is 1.75 bits per heavy atom. The van der Waals surface area contributed by atoms with Gasteiger partial charge in [-0.1, -0.05) is 17.3 Å². The van der Waals surface area contributed by atoms with Crippen LogP contribution in [0.4, 0.5) is 15.9 Å². The molecule has 2 fully saturated rings. The summed E-state index contributed by atoms with van der Waals surface area (Å²) in [5.74, 6) is 0.522. The van der Waals surface area contributed by atoms with Gasteiger partial charge in [0.2, 0.25) is 5.82 Å². The number of ether oxygens (including phenoxy) is 1. The molecule has 4 heterocycles. The standard InChI is InChI=1S/C22H23FN6O3/c23-17-3-1-2-4-18(17)27-7-9-29(10-8-27)22(30)21-25-20(26-32-21)16-5-6-24-19(15-16)28-11-13-31-14-12-28/h1-6,15H,7-14H2. The molecule has 1 amide bonds. The maximum absolute atomic E-state index is 14.0. The third-order valence-corrected chi connectivity index (χ3v) is 5.71. The summed E-state index contributed by atoms with van der Waals surface area (Å²) in [6.45, 7) is 4.81. The lowest BCUT2D eigenvalue weighted by atomic mass is 10.2. The van der Waals surface area contributed by atoms with Crippen LogP contribution in [0.5, 0.6) is 0 Å². The number of para-hydroxylation sites is 1. The van der Waals surface area contributed by atoms with Crippen LogP contribution in [0.1, 0.15) is 10.7 Å². The number of hydrogen-bond acceptors (Lipinski definition) is 8. The molecule has 0 saturated carbocycles. The number of carbonyl (C=O) groups excluding carboxylic acids is 1. The van der Waals surface area contributed by atoms with Gasteiger partial charge in [0.15, 0.2) is 0 Å². The summed E-state index contributed by atoms with van der Waals surface area (Å²) in [6, 6.07) is 10.3. The number of morpholine rings is 1. The Labute approximate surface area is 184 Å². The van der Waals surface area contributed by atoms with Crippen LogP contribution < -0.4 is 9.80 Å². The van der Waals surface area contributed by atoms with Gasteiger partial charge in [-0.05, 0) is 24.3 Å². The predicted octanol–water partition coefficient (Wildman–Crippen LogP) is 2.07. The van der Waals surface area contributed by atoms with Gasteiger partial charge < -0.3 is 24.0 Å². The van der Waals surface area contributed by atoms with E-state index < -0.39 is 0 Å². The molecule has 0 atom stereocenters. The molecule has 0 aliphatic carbocycles. The lowest BCUT2D eigenvalue weighted by Gasteiger charge is -2.35. The smallest absolute Gasteiger partial charge is 0.316 e. The number of rotatable bonds is 4. The van der Waals surface area contributed by atoms with Crippen molar-refractivity contribution in [3.63, 3.8) is 0 Å². The highest BCUT2D eigenvalue weighted by atomic mass is 19.1. The zero-order valence-electron chi connectivity index (χ0n) is 17.5. The highest BCUT2D eigenvalue weighted by Crippen LogP contribution is 2.23. The summed E-state index contributed by atoms with van der Waals surface area (Å²) in [5.41, 5.74) is 1.28. The van der Waals surface area contributed by atoms with Crippen molar-refractivity contribution in [2.75, 3.05) is 62.3 Å². The molecule has 0 spiro atoms. The summed E-state index contributed by atoms with van der Waals surface area (Å²) in [7, 11) is 0. The zero-order valence-corrected chi connectivity index (χ0v) is 17.5. The first-order valence-corrected chi connectivity index (χ1v) is 10.6. The van der Waals surface area contributed by atoms with Crippen LogP contribution in [0, 0.1) is 5.82 Å². The monoisotopic (exact) mass is 438 g/mol. The van der Waals surface area contributed by atoms with Crippen molar-refractivity contribution in [2.45, 2.75) is 0 Å². The van der Waals surface area contributed by atoms with Gasteiger partial charge in [0.25, 0.3) is 0 Å². The van der Waals surface area contributed by atoms with Crippen molar-refractivity contribution in [2.24, 2.45) is 0 Å². The number of piperazine rings is 1. The fourth-order valence-corrected chi connectivity index (χ4v) is 3.94. The lowest BCUT2D eigenvalue weighted by molar-refractivity contribution is 0.0696. The molecule has 9 nitrogen and oxygen atoms in total. The van der Waals surface area contributed by atoms with Crippen molar-refractivity contribution >= 4 is 17.4 Å². The van der Waals surface area contributed by atoms with Crippen molar-refractivity contribution < 1.29 is 18.4 Å². The molecule has 0 bridgehead atoms. The van der Waals surface area contributed by atoms with E-state index in [2.05, 4.69) is 20.0 Å². The number of anilines is 2. The van der Waals surface area contributed by atoms with Crippen molar-refractivity contribution in [3.8, 4) is 11.4 Å². The lowest BCUT2D eigenvalue weighted by Crippen LogP contribution is -2.49. The second-order valence-electron chi connectivity index (χ2n) is 7.66. The second-order valence-corrected chi connectivity index (χ2v) is 7.66. The maximum atomic E-state index is 14.0. The van der Waals surface area contributed by atoms with E-state index in [1.165, 1.54) is 6.07 Å². The molecule has 0 N–H and O–H groups in total. The van der Waals surface area contributed by atoms with Crippen LogP contribution in [0.2, 0.25) is 0 Å². The van der Waals surface area contributed by atoms with E-state index in [0.717, 1.165) is 24.5 Å². The fourth-order valence-electron chi connectivity index (χ4n) is 3.94. The molecule has 166 valence electrons. The third-order valence-electron chi connectivity index (χ3n) is 5.71. The Bertz CT molecular complexity index is 1090. The topological polar surface area (TPSA) is 87.8 Å². The average Bonchev–Trinajstić information content (AvgIpc) is 3.35. The molecule has 3 aromatic rings. The van der Waals surface area contributed by atoms with Gasteiger partial charge >= 0.3 is 11.8 Å².